The van der Waals surface area contributed by atoms with E-state index in [1.807, 2.05) is 4.90 Å². The minimum absolute atomic E-state index is 0.259. The number of benzene rings is 1. The number of nitrogens with one attached hydrogen (secondary N) is 1. The molecule has 110 valence electrons. The predicted molar refractivity (Wildman–Crippen MR) is 82.8 cm³/mol. The zero-order valence-electron chi connectivity index (χ0n) is 12.5. The molecule has 1 fully saturated rings. The lowest BCUT2D eigenvalue weighted by Gasteiger charge is -2.20. The van der Waals surface area contributed by atoms with Crippen molar-refractivity contribution in [1.82, 2.24) is 10.2 Å². The fourth-order valence-electron chi connectivity index (χ4n) is 2.59. The van der Waals surface area contributed by atoms with Gasteiger partial charge in [-0.15, -0.1) is 0 Å². The van der Waals surface area contributed by atoms with E-state index in [0.717, 1.165) is 44.6 Å². The Morgan fingerprint density at radius 1 is 1.15 bits per heavy atom. The Hall–Kier alpha value is -1.35. The van der Waals surface area contributed by atoms with Crippen LogP contribution in [0.4, 0.5) is 0 Å². The van der Waals surface area contributed by atoms with Crippen molar-refractivity contribution in [2.45, 2.75) is 39.0 Å². The summed E-state index contributed by atoms with van der Waals surface area (Å²) in [6, 6.07) is 8.56. The lowest BCUT2D eigenvalue weighted by molar-refractivity contribution is -0.130. The van der Waals surface area contributed by atoms with Gasteiger partial charge in [0.05, 0.1) is 6.42 Å². The highest BCUT2D eigenvalue weighted by Gasteiger charge is 2.15. The van der Waals surface area contributed by atoms with Crippen molar-refractivity contribution >= 4 is 5.91 Å². The second-order valence-corrected chi connectivity index (χ2v) is 5.58. The zero-order valence-corrected chi connectivity index (χ0v) is 12.5. The first-order chi connectivity index (χ1) is 9.79. The lowest BCUT2D eigenvalue weighted by atomic mass is 10.0. The van der Waals surface area contributed by atoms with Gasteiger partial charge in [0.1, 0.15) is 0 Å². The summed E-state index contributed by atoms with van der Waals surface area (Å²) in [6.07, 6.45) is 5.20. The van der Waals surface area contributed by atoms with Crippen LogP contribution < -0.4 is 5.32 Å². The number of hydrogen-bond acceptors (Lipinski definition) is 2. The highest BCUT2D eigenvalue weighted by Crippen LogP contribution is 2.10. The Bertz CT molecular complexity index is 406. The van der Waals surface area contributed by atoms with E-state index < -0.39 is 0 Å². The minimum atomic E-state index is 0.259. The van der Waals surface area contributed by atoms with Gasteiger partial charge in [-0.05, 0) is 36.9 Å². The van der Waals surface area contributed by atoms with Gasteiger partial charge >= 0.3 is 0 Å². The summed E-state index contributed by atoms with van der Waals surface area (Å²) in [6.45, 7) is 5.88. The van der Waals surface area contributed by atoms with Crippen molar-refractivity contribution in [3.63, 3.8) is 0 Å². The Labute approximate surface area is 122 Å². The third-order valence-electron chi connectivity index (χ3n) is 3.89. The molecule has 0 spiro atoms. The number of unbranched alkanes of at least 4 members (excludes halogenated alkanes) is 1. The summed E-state index contributed by atoms with van der Waals surface area (Å²) < 4.78 is 0. The lowest BCUT2D eigenvalue weighted by Crippen LogP contribution is -2.35. The number of nitrogens with zero attached hydrogens (tertiary/aromatic N) is 1. The van der Waals surface area contributed by atoms with E-state index >= 15 is 0 Å². The molecule has 1 aliphatic heterocycles. The molecule has 0 saturated carbocycles. The van der Waals surface area contributed by atoms with Gasteiger partial charge in [-0.25, -0.2) is 0 Å². The van der Waals surface area contributed by atoms with Crippen molar-refractivity contribution in [2.24, 2.45) is 0 Å². The fourth-order valence-corrected chi connectivity index (χ4v) is 2.59. The first kappa shape index (κ1) is 15.0. The molecule has 1 amide bonds. The van der Waals surface area contributed by atoms with Crippen molar-refractivity contribution in [1.29, 1.82) is 0 Å². The number of carbonyl (C=O) groups is 1. The van der Waals surface area contributed by atoms with Crippen LogP contribution in [0, 0.1) is 0 Å². The van der Waals surface area contributed by atoms with Crippen molar-refractivity contribution in [2.75, 3.05) is 26.2 Å². The first-order valence-corrected chi connectivity index (χ1v) is 7.86. The van der Waals surface area contributed by atoms with Gasteiger partial charge in [-0.1, -0.05) is 37.6 Å². The van der Waals surface area contributed by atoms with Crippen LogP contribution in [-0.2, 0) is 17.6 Å². The fraction of sp³-hybridized carbons (Fsp3) is 0.588. The molecule has 0 unspecified atom stereocenters. The second kappa shape index (κ2) is 8.05. The largest absolute Gasteiger partial charge is 0.341 e. The molecular formula is C17H26N2O. The smallest absolute Gasteiger partial charge is 0.227 e. The zero-order chi connectivity index (χ0) is 14.2. The van der Waals surface area contributed by atoms with Gasteiger partial charge in [0.25, 0.3) is 0 Å². The summed E-state index contributed by atoms with van der Waals surface area (Å²) in [4.78, 5) is 14.3. The molecule has 1 aliphatic rings. The summed E-state index contributed by atoms with van der Waals surface area (Å²) >= 11 is 0. The molecule has 1 saturated heterocycles. The molecule has 3 heteroatoms. The molecule has 0 atom stereocenters. The van der Waals surface area contributed by atoms with Crippen LogP contribution in [0.2, 0.25) is 0 Å². The Morgan fingerprint density at radius 2 is 1.90 bits per heavy atom. The summed E-state index contributed by atoms with van der Waals surface area (Å²) in [5.74, 6) is 0.259. The number of carbonyl (C=O) groups excluding carboxylic acids is 1. The molecule has 20 heavy (non-hydrogen) atoms. The highest BCUT2D eigenvalue weighted by atomic mass is 16.2. The van der Waals surface area contributed by atoms with Crippen LogP contribution in [0.5, 0.6) is 0 Å². The van der Waals surface area contributed by atoms with Gasteiger partial charge in [-0.3, -0.25) is 4.79 Å². The van der Waals surface area contributed by atoms with E-state index in [2.05, 4.69) is 36.5 Å². The summed E-state index contributed by atoms with van der Waals surface area (Å²) in [7, 11) is 0. The average Bonchev–Trinajstić information content (AvgIpc) is 2.75. The minimum Gasteiger partial charge on any atom is -0.341 e. The Balaban J connectivity index is 1.86. The Morgan fingerprint density at radius 3 is 2.65 bits per heavy atom. The molecule has 0 radical (unpaired) electrons. The van der Waals surface area contributed by atoms with Crippen LogP contribution in [0.3, 0.4) is 0 Å². The van der Waals surface area contributed by atoms with Gasteiger partial charge < -0.3 is 10.2 Å². The third kappa shape index (κ3) is 4.64. The van der Waals surface area contributed by atoms with Crippen molar-refractivity contribution in [3.8, 4) is 0 Å². The molecule has 1 N–H and O–H groups in total. The predicted octanol–water partition coefficient (Wildman–Crippen LogP) is 2.39. The van der Waals surface area contributed by atoms with Crippen LogP contribution in [0.25, 0.3) is 0 Å². The maximum atomic E-state index is 12.3. The van der Waals surface area contributed by atoms with Crippen LogP contribution in [-0.4, -0.2) is 37.0 Å². The highest BCUT2D eigenvalue weighted by molar-refractivity contribution is 5.78. The van der Waals surface area contributed by atoms with Crippen molar-refractivity contribution < 1.29 is 4.79 Å². The second-order valence-electron chi connectivity index (χ2n) is 5.58. The normalized spacial score (nSPS) is 15.9. The van der Waals surface area contributed by atoms with Gasteiger partial charge in [-0.2, -0.15) is 0 Å². The molecule has 0 bridgehead atoms. The monoisotopic (exact) mass is 274 g/mol. The number of hydrogen-bond donors (Lipinski definition) is 1. The molecule has 1 heterocycles. The molecule has 2 rings (SSSR count). The number of aryl methyl sites for hydroxylation is 1. The van der Waals surface area contributed by atoms with Gasteiger partial charge in [0, 0.05) is 19.6 Å². The quantitative estimate of drug-likeness (QED) is 0.894. The molecule has 0 aromatic heterocycles. The van der Waals surface area contributed by atoms with Crippen LogP contribution >= 0.6 is 0 Å². The SMILES string of the molecule is CCCCc1ccc(CC(=O)N2CCCNCC2)cc1. The topological polar surface area (TPSA) is 32.3 Å². The van der Waals surface area contributed by atoms with Gasteiger partial charge in [0.2, 0.25) is 5.91 Å². The maximum absolute atomic E-state index is 12.3. The van der Waals surface area contributed by atoms with E-state index in [4.69, 9.17) is 0 Å². The standard InChI is InChI=1S/C17H26N2O/c1-2-3-5-15-6-8-16(9-7-15)14-17(20)19-12-4-10-18-11-13-19/h6-9,18H,2-5,10-14H2,1H3. The maximum Gasteiger partial charge on any atom is 0.227 e. The molecule has 1 aromatic carbocycles. The van der Waals surface area contributed by atoms with E-state index in [1.54, 1.807) is 0 Å². The van der Waals surface area contributed by atoms with E-state index in [9.17, 15) is 4.79 Å². The molecular weight excluding hydrogens is 248 g/mol. The summed E-state index contributed by atoms with van der Waals surface area (Å²) in [5, 5.41) is 3.33. The molecule has 3 nitrogen and oxygen atoms in total. The van der Waals surface area contributed by atoms with Gasteiger partial charge in [0.15, 0.2) is 0 Å². The molecule has 1 aromatic rings. The third-order valence-corrected chi connectivity index (χ3v) is 3.89. The number of rotatable bonds is 5. The van der Waals surface area contributed by atoms with E-state index in [1.165, 1.54) is 18.4 Å². The first-order valence-electron chi connectivity index (χ1n) is 7.86. The number of amides is 1. The van der Waals surface area contributed by atoms with Crippen LogP contribution in [0.15, 0.2) is 24.3 Å². The van der Waals surface area contributed by atoms with E-state index in [0.29, 0.717) is 6.42 Å². The van der Waals surface area contributed by atoms with E-state index in [-0.39, 0.29) is 5.91 Å². The van der Waals surface area contributed by atoms with Crippen LogP contribution in [0.1, 0.15) is 37.3 Å². The summed E-state index contributed by atoms with van der Waals surface area (Å²) in [5.41, 5.74) is 2.51. The average molecular weight is 274 g/mol. The van der Waals surface area contributed by atoms with Crippen molar-refractivity contribution in [3.05, 3.63) is 35.4 Å². The molecule has 0 aliphatic carbocycles. The Kier molecular flexibility index (Phi) is 6.06.